The van der Waals surface area contributed by atoms with Crippen LogP contribution in [0, 0.1) is 0 Å². The van der Waals surface area contributed by atoms with Crippen LogP contribution >= 0.6 is 27.3 Å². The molecule has 88 valence electrons. The molecule has 1 atom stereocenters. The number of halogens is 1. The molecule has 0 bridgehead atoms. The molecular formula is C12H17BrN2S. The van der Waals surface area contributed by atoms with E-state index in [-0.39, 0.29) is 6.04 Å². The minimum Gasteiger partial charge on any atom is -0.271 e. The first-order valence-electron chi connectivity index (χ1n) is 5.67. The fraction of sp³-hybridized carbons (Fsp3) is 0.500. The fourth-order valence-corrected chi connectivity index (χ4v) is 3.78. The maximum Gasteiger partial charge on any atom is 0.0516 e. The quantitative estimate of drug-likeness (QED) is 0.503. The van der Waals surface area contributed by atoms with Crippen LogP contribution in [0.2, 0.25) is 0 Å². The number of rotatable bonds is 4. The van der Waals surface area contributed by atoms with Crippen LogP contribution in [0.3, 0.4) is 0 Å². The Morgan fingerprint density at radius 1 is 1.44 bits per heavy atom. The Kier molecular flexibility index (Phi) is 4.58. The molecule has 0 saturated carbocycles. The summed E-state index contributed by atoms with van der Waals surface area (Å²) in [5.74, 6) is 5.66. The second-order valence-electron chi connectivity index (χ2n) is 4.21. The molecule has 1 aromatic rings. The summed E-state index contributed by atoms with van der Waals surface area (Å²) < 4.78 is 1.16. The molecule has 0 spiro atoms. The largest absolute Gasteiger partial charge is 0.271 e. The molecule has 0 fully saturated rings. The van der Waals surface area contributed by atoms with E-state index in [0.717, 1.165) is 10.9 Å². The molecule has 0 saturated heterocycles. The van der Waals surface area contributed by atoms with Crippen LogP contribution in [0.15, 0.2) is 26.9 Å². The Morgan fingerprint density at radius 3 is 2.88 bits per heavy atom. The van der Waals surface area contributed by atoms with Crippen molar-refractivity contribution in [2.45, 2.75) is 38.1 Å². The first-order valence-corrected chi connectivity index (χ1v) is 7.40. The molecule has 16 heavy (non-hydrogen) atoms. The zero-order chi connectivity index (χ0) is 11.4. The van der Waals surface area contributed by atoms with Gasteiger partial charge in [0.05, 0.1) is 6.04 Å². The molecular weight excluding hydrogens is 284 g/mol. The van der Waals surface area contributed by atoms with Gasteiger partial charge in [-0.15, -0.1) is 0 Å². The predicted octanol–water partition coefficient (Wildman–Crippen LogP) is 3.91. The van der Waals surface area contributed by atoms with Crippen LogP contribution in [0.25, 0.3) is 0 Å². The van der Waals surface area contributed by atoms with Crippen LogP contribution in [0.4, 0.5) is 0 Å². The molecule has 3 N–H and O–H groups in total. The SMILES string of the molecule is NNC(CC1=CCCCC1)c1cscc1Br. The summed E-state index contributed by atoms with van der Waals surface area (Å²) in [4.78, 5) is 0. The Bertz CT molecular complexity index is 373. The average Bonchev–Trinajstić information content (AvgIpc) is 2.74. The molecule has 1 aliphatic rings. The molecule has 2 rings (SSSR count). The van der Waals surface area contributed by atoms with Gasteiger partial charge in [-0.3, -0.25) is 11.3 Å². The third-order valence-corrected chi connectivity index (χ3v) is 4.82. The lowest BCUT2D eigenvalue weighted by molar-refractivity contribution is 0.528. The summed E-state index contributed by atoms with van der Waals surface area (Å²) in [5, 5.41) is 4.27. The summed E-state index contributed by atoms with van der Waals surface area (Å²) >= 11 is 5.28. The van der Waals surface area contributed by atoms with Crippen molar-refractivity contribution < 1.29 is 0 Å². The second-order valence-corrected chi connectivity index (χ2v) is 5.80. The summed E-state index contributed by atoms with van der Waals surface area (Å²) in [6.45, 7) is 0. The van der Waals surface area contributed by atoms with Gasteiger partial charge in [0, 0.05) is 9.85 Å². The highest BCUT2D eigenvalue weighted by molar-refractivity contribution is 9.10. The van der Waals surface area contributed by atoms with E-state index in [2.05, 4.69) is 38.2 Å². The molecule has 1 unspecified atom stereocenters. The smallest absolute Gasteiger partial charge is 0.0516 e. The van der Waals surface area contributed by atoms with E-state index in [0.29, 0.717) is 0 Å². The van der Waals surface area contributed by atoms with Gasteiger partial charge in [-0.1, -0.05) is 11.6 Å². The number of nitrogens with two attached hydrogens (primary N) is 1. The van der Waals surface area contributed by atoms with Gasteiger partial charge < -0.3 is 0 Å². The highest BCUT2D eigenvalue weighted by atomic mass is 79.9. The van der Waals surface area contributed by atoms with Gasteiger partial charge in [-0.2, -0.15) is 11.3 Å². The highest BCUT2D eigenvalue weighted by Crippen LogP contribution is 2.32. The Hall–Kier alpha value is -0.160. The van der Waals surface area contributed by atoms with E-state index in [9.17, 15) is 0 Å². The van der Waals surface area contributed by atoms with Crippen molar-refractivity contribution in [2.24, 2.45) is 5.84 Å². The molecule has 1 heterocycles. The molecule has 4 heteroatoms. The molecule has 0 radical (unpaired) electrons. The zero-order valence-corrected chi connectivity index (χ0v) is 11.6. The van der Waals surface area contributed by atoms with Crippen molar-refractivity contribution in [1.29, 1.82) is 0 Å². The van der Waals surface area contributed by atoms with Gasteiger partial charge in [-0.25, -0.2) is 0 Å². The lowest BCUT2D eigenvalue weighted by Crippen LogP contribution is -2.28. The first-order chi connectivity index (χ1) is 7.81. The van der Waals surface area contributed by atoms with E-state index >= 15 is 0 Å². The Balaban J connectivity index is 2.06. The van der Waals surface area contributed by atoms with Crippen molar-refractivity contribution in [1.82, 2.24) is 5.43 Å². The van der Waals surface area contributed by atoms with E-state index in [1.807, 2.05) is 0 Å². The van der Waals surface area contributed by atoms with Gasteiger partial charge >= 0.3 is 0 Å². The molecule has 1 aliphatic carbocycles. The van der Waals surface area contributed by atoms with Gasteiger partial charge in [0.1, 0.15) is 0 Å². The Morgan fingerprint density at radius 2 is 2.31 bits per heavy atom. The highest BCUT2D eigenvalue weighted by Gasteiger charge is 2.16. The number of thiophene rings is 1. The van der Waals surface area contributed by atoms with Gasteiger partial charge in [0.2, 0.25) is 0 Å². The van der Waals surface area contributed by atoms with E-state index in [1.165, 1.54) is 31.2 Å². The van der Waals surface area contributed by atoms with Crippen molar-refractivity contribution in [3.05, 3.63) is 32.4 Å². The molecule has 1 aromatic heterocycles. The second kappa shape index (κ2) is 5.96. The first kappa shape index (κ1) is 12.3. The third kappa shape index (κ3) is 2.94. The van der Waals surface area contributed by atoms with Gasteiger partial charge in [0.25, 0.3) is 0 Å². The predicted molar refractivity (Wildman–Crippen MR) is 73.3 cm³/mol. The van der Waals surface area contributed by atoms with Crippen molar-refractivity contribution in [3.63, 3.8) is 0 Å². The van der Waals surface area contributed by atoms with Crippen LogP contribution in [-0.4, -0.2) is 0 Å². The van der Waals surface area contributed by atoms with Crippen molar-refractivity contribution in [2.75, 3.05) is 0 Å². The summed E-state index contributed by atoms with van der Waals surface area (Å²) in [6.07, 6.45) is 8.55. The van der Waals surface area contributed by atoms with E-state index in [4.69, 9.17) is 5.84 Å². The number of hydrazine groups is 1. The Labute approximate surface area is 109 Å². The van der Waals surface area contributed by atoms with Crippen molar-refractivity contribution >= 4 is 27.3 Å². The average molecular weight is 301 g/mol. The van der Waals surface area contributed by atoms with E-state index < -0.39 is 0 Å². The van der Waals surface area contributed by atoms with Gasteiger partial charge in [0.15, 0.2) is 0 Å². The van der Waals surface area contributed by atoms with E-state index in [1.54, 1.807) is 16.9 Å². The van der Waals surface area contributed by atoms with Crippen LogP contribution in [0.1, 0.15) is 43.7 Å². The van der Waals surface area contributed by atoms with Crippen molar-refractivity contribution in [3.8, 4) is 0 Å². The fourth-order valence-electron chi connectivity index (χ4n) is 2.15. The number of hydrogen-bond acceptors (Lipinski definition) is 3. The lowest BCUT2D eigenvalue weighted by Gasteiger charge is -2.20. The van der Waals surface area contributed by atoms with Crippen LogP contribution in [-0.2, 0) is 0 Å². The van der Waals surface area contributed by atoms with Crippen LogP contribution < -0.4 is 11.3 Å². The topological polar surface area (TPSA) is 38.0 Å². The summed E-state index contributed by atoms with van der Waals surface area (Å²) in [5.41, 5.74) is 5.75. The number of allylic oxidation sites excluding steroid dienone is 1. The normalized spacial score (nSPS) is 18.2. The molecule has 2 nitrogen and oxygen atoms in total. The lowest BCUT2D eigenvalue weighted by atomic mass is 9.93. The summed E-state index contributed by atoms with van der Waals surface area (Å²) in [6, 6.07) is 0.241. The zero-order valence-electron chi connectivity index (χ0n) is 9.21. The maximum atomic E-state index is 5.66. The molecule has 0 aromatic carbocycles. The van der Waals surface area contributed by atoms with Crippen LogP contribution in [0.5, 0.6) is 0 Å². The minimum atomic E-state index is 0.241. The van der Waals surface area contributed by atoms with Gasteiger partial charge in [-0.05, 0) is 59.0 Å². The maximum absolute atomic E-state index is 5.66. The minimum absolute atomic E-state index is 0.241. The number of hydrogen-bond donors (Lipinski definition) is 2. The monoisotopic (exact) mass is 300 g/mol. The molecule has 0 amide bonds. The number of nitrogens with one attached hydrogen (secondary N) is 1. The third-order valence-electron chi connectivity index (χ3n) is 3.07. The standard InChI is InChI=1S/C12H17BrN2S/c13-11-8-16-7-10(11)12(15-14)6-9-4-2-1-3-5-9/h4,7-8,12,15H,1-3,5-6,14H2. The molecule has 0 aliphatic heterocycles. The summed E-state index contributed by atoms with van der Waals surface area (Å²) in [7, 11) is 0.